The fourth-order valence-corrected chi connectivity index (χ4v) is 2.35. The van der Waals surface area contributed by atoms with Crippen LogP contribution in [0.25, 0.3) is 0 Å². The molecule has 0 aromatic carbocycles. The molecule has 0 fully saturated rings. The summed E-state index contributed by atoms with van der Waals surface area (Å²) in [5.74, 6) is 0.0268. The predicted molar refractivity (Wildman–Crippen MR) is 72.7 cm³/mol. The Morgan fingerprint density at radius 3 is 2.61 bits per heavy atom. The van der Waals surface area contributed by atoms with Gasteiger partial charge in [0.05, 0.1) is 17.6 Å². The lowest BCUT2D eigenvalue weighted by molar-refractivity contribution is 0.424. The maximum Gasteiger partial charge on any atom is 0.213 e. The van der Waals surface area contributed by atoms with E-state index in [1.165, 1.54) is 0 Å². The van der Waals surface area contributed by atoms with Crippen LogP contribution in [0.4, 0.5) is 0 Å². The molecule has 0 bridgehead atoms. The molecular weight excluding hydrogens is 252 g/mol. The molecule has 0 aromatic rings. The fourth-order valence-electron chi connectivity index (χ4n) is 1.58. The van der Waals surface area contributed by atoms with Gasteiger partial charge in [0.15, 0.2) is 0 Å². The van der Waals surface area contributed by atoms with Crippen LogP contribution in [-0.2, 0) is 10.0 Å². The maximum atomic E-state index is 11.4. The van der Waals surface area contributed by atoms with Gasteiger partial charge in [-0.1, -0.05) is 13.0 Å². The molecular formula is C11H22N4O2S. The normalized spacial score (nSPS) is 24.5. The molecule has 2 atom stereocenters. The average Bonchev–Trinajstić information content (AvgIpc) is 2.23. The molecule has 0 saturated carbocycles. The molecule has 0 spiro atoms. The lowest BCUT2D eigenvalue weighted by Gasteiger charge is -2.30. The van der Waals surface area contributed by atoms with E-state index in [0.29, 0.717) is 0 Å². The summed E-state index contributed by atoms with van der Waals surface area (Å²) >= 11 is 0. The summed E-state index contributed by atoms with van der Waals surface area (Å²) in [6.07, 6.45) is 4.97. The molecule has 104 valence electrons. The number of nitrogens with two attached hydrogens (primary N) is 2. The van der Waals surface area contributed by atoms with Gasteiger partial charge < -0.3 is 16.8 Å². The van der Waals surface area contributed by atoms with Crippen LogP contribution < -0.4 is 21.5 Å². The third-order valence-electron chi connectivity index (χ3n) is 2.89. The highest BCUT2D eigenvalue weighted by atomic mass is 32.2. The van der Waals surface area contributed by atoms with Crippen LogP contribution in [0.1, 0.15) is 20.8 Å². The Morgan fingerprint density at radius 1 is 1.50 bits per heavy atom. The number of allylic oxidation sites excluding steroid dienone is 1. The van der Waals surface area contributed by atoms with Crippen molar-refractivity contribution >= 4 is 10.0 Å². The third-order valence-corrected chi connectivity index (χ3v) is 4.36. The van der Waals surface area contributed by atoms with Gasteiger partial charge in [-0.3, -0.25) is 0 Å². The van der Waals surface area contributed by atoms with Gasteiger partial charge in [0.2, 0.25) is 10.0 Å². The number of nitrogens with one attached hydrogen (secondary N) is 2. The second-order valence-electron chi connectivity index (χ2n) is 4.63. The molecule has 18 heavy (non-hydrogen) atoms. The molecule has 6 nitrogen and oxygen atoms in total. The largest absolute Gasteiger partial charge is 0.369 e. The molecule has 0 amide bonds. The molecule has 0 aliphatic heterocycles. The number of sulfonamides is 1. The maximum absolute atomic E-state index is 11.4. The molecule has 1 aliphatic carbocycles. The van der Waals surface area contributed by atoms with Crippen molar-refractivity contribution in [3.63, 3.8) is 0 Å². The van der Waals surface area contributed by atoms with E-state index in [-0.39, 0.29) is 17.8 Å². The molecule has 1 rings (SSSR count). The van der Waals surface area contributed by atoms with Gasteiger partial charge in [-0.2, -0.15) is 4.72 Å². The standard InChI is InChI=1S/C11H22N4O2S/c1-4-18(16,17)15-9(3)14-10-5-6-11(12,13)8(2)7-10/h5-9,14-15H,4,12-13H2,1-3H3. The Hall–Kier alpha value is -0.890. The molecule has 6 N–H and O–H groups in total. The second-order valence-corrected chi connectivity index (χ2v) is 6.67. The summed E-state index contributed by atoms with van der Waals surface area (Å²) in [7, 11) is -3.22. The van der Waals surface area contributed by atoms with Gasteiger partial charge in [-0.25, -0.2) is 8.42 Å². The van der Waals surface area contributed by atoms with Crippen molar-refractivity contribution < 1.29 is 8.42 Å². The number of hydrogen-bond acceptors (Lipinski definition) is 5. The number of hydrogen-bond donors (Lipinski definition) is 4. The molecule has 0 aromatic heterocycles. The van der Waals surface area contributed by atoms with Gasteiger partial charge in [0.25, 0.3) is 0 Å². The first kappa shape index (κ1) is 15.2. The summed E-state index contributed by atoms with van der Waals surface area (Å²) in [5, 5.41) is 3.05. The van der Waals surface area contributed by atoms with Crippen LogP contribution >= 0.6 is 0 Å². The second kappa shape index (κ2) is 5.40. The van der Waals surface area contributed by atoms with Crippen molar-refractivity contribution in [1.29, 1.82) is 0 Å². The Morgan fingerprint density at radius 2 is 2.11 bits per heavy atom. The van der Waals surface area contributed by atoms with E-state index in [1.54, 1.807) is 26.0 Å². The Bertz CT molecular complexity index is 454. The Balaban J connectivity index is 2.63. The van der Waals surface area contributed by atoms with Crippen molar-refractivity contribution in [2.75, 3.05) is 5.75 Å². The van der Waals surface area contributed by atoms with Crippen LogP contribution in [0.2, 0.25) is 0 Å². The minimum absolute atomic E-state index is 0.0278. The van der Waals surface area contributed by atoms with Crippen LogP contribution in [0, 0.1) is 5.92 Å². The van der Waals surface area contributed by atoms with E-state index in [1.807, 2.05) is 13.0 Å². The van der Waals surface area contributed by atoms with Gasteiger partial charge in [-0.15, -0.1) is 0 Å². The van der Waals surface area contributed by atoms with Gasteiger partial charge in [-0.05, 0) is 26.0 Å². The van der Waals surface area contributed by atoms with E-state index in [9.17, 15) is 8.42 Å². The lowest BCUT2D eigenvalue weighted by atomic mass is 9.90. The quantitative estimate of drug-likeness (QED) is 0.508. The van der Waals surface area contributed by atoms with E-state index in [0.717, 1.165) is 5.70 Å². The zero-order valence-electron chi connectivity index (χ0n) is 11.0. The topological polar surface area (TPSA) is 110 Å². The summed E-state index contributed by atoms with van der Waals surface area (Å²) < 4.78 is 25.3. The average molecular weight is 274 g/mol. The predicted octanol–water partition coefficient (Wildman–Crippen LogP) is -0.435. The zero-order valence-corrected chi connectivity index (χ0v) is 11.8. The van der Waals surface area contributed by atoms with Gasteiger partial charge in [0, 0.05) is 11.6 Å². The molecule has 1 aliphatic rings. The van der Waals surface area contributed by atoms with Crippen LogP contribution in [-0.4, -0.2) is 26.0 Å². The first-order valence-electron chi connectivity index (χ1n) is 5.91. The number of rotatable bonds is 5. The highest BCUT2D eigenvalue weighted by molar-refractivity contribution is 7.89. The van der Waals surface area contributed by atoms with Crippen LogP contribution in [0.5, 0.6) is 0 Å². The van der Waals surface area contributed by atoms with E-state index in [2.05, 4.69) is 10.0 Å². The van der Waals surface area contributed by atoms with Gasteiger partial charge >= 0.3 is 0 Å². The molecule has 0 radical (unpaired) electrons. The highest BCUT2D eigenvalue weighted by Gasteiger charge is 2.26. The lowest BCUT2D eigenvalue weighted by Crippen LogP contribution is -2.54. The summed E-state index contributed by atoms with van der Waals surface area (Å²) in [6.45, 7) is 5.24. The zero-order chi connectivity index (χ0) is 14.0. The van der Waals surface area contributed by atoms with Gasteiger partial charge in [0.1, 0.15) is 0 Å². The summed E-state index contributed by atoms with van der Waals surface area (Å²) in [6, 6.07) is 0. The first-order valence-corrected chi connectivity index (χ1v) is 7.57. The summed E-state index contributed by atoms with van der Waals surface area (Å²) in [5.41, 5.74) is 11.6. The smallest absolute Gasteiger partial charge is 0.213 e. The van der Waals surface area contributed by atoms with Crippen molar-refractivity contribution in [1.82, 2.24) is 10.0 Å². The van der Waals surface area contributed by atoms with Crippen LogP contribution in [0.3, 0.4) is 0 Å². The van der Waals surface area contributed by atoms with Crippen molar-refractivity contribution in [3.8, 4) is 0 Å². The van der Waals surface area contributed by atoms with E-state index < -0.39 is 15.7 Å². The van der Waals surface area contributed by atoms with E-state index in [4.69, 9.17) is 11.5 Å². The minimum atomic E-state index is -3.22. The fraction of sp³-hybridized carbons (Fsp3) is 0.636. The van der Waals surface area contributed by atoms with Crippen molar-refractivity contribution in [2.45, 2.75) is 32.6 Å². The molecule has 7 heteroatoms. The highest BCUT2D eigenvalue weighted by Crippen LogP contribution is 2.19. The SMILES string of the molecule is CCS(=O)(=O)NC(C)NC1=CC(C)C(N)(N)C=C1. The molecule has 2 unspecified atom stereocenters. The van der Waals surface area contributed by atoms with E-state index >= 15 is 0 Å². The summed E-state index contributed by atoms with van der Waals surface area (Å²) in [4.78, 5) is 0. The minimum Gasteiger partial charge on any atom is -0.369 e. The van der Waals surface area contributed by atoms with Crippen molar-refractivity contribution in [3.05, 3.63) is 23.9 Å². The monoisotopic (exact) mass is 274 g/mol. The third kappa shape index (κ3) is 4.09. The molecule has 0 saturated heterocycles. The van der Waals surface area contributed by atoms with Crippen molar-refractivity contribution in [2.24, 2.45) is 17.4 Å². The molecule has 0 heterocycles. The first-order chi connectivity index (χ1) is 8.16. The Kier molecular flexibility index (Phi) is 4.55. The van der Waals surface area contributed by atoms with Crippen LogP contribution in [0.15, 0.2) is 23.9 Å². The Labute approximate surface area is 109 Å².